The fourth-order valence-electron chi connectivity index (χ4n) is 4.84. The van der Waals surface area contributed by atoms with Gasteiger partial charge < -0.3 is 26.6 Å². The Hall–Kier alpha value is -3.43. The molecular formula is C31H49N5O5. The molecule has 0 aromatic heterocycles. The zero-order chi connectivity index (χ0) is 30.9. The second kappa shape index (κ2) is 15.5. The molecule has 1 heterocycles. The summed E-state index contributed by atoms with van der Waals surface area (Å²) in [6.45, 7) is 15.0. The third-order valence-electron chi connectivity index (χ3n) is 7.09. The third kappa shape index (κ3) is 10.5. The molecule has 0 aliphatic carbocycles. The lowest BCUT2D eigenvalue weighted by Gasteiger charge is -2.29. The number of rotatable bonds is 8. The van der Waals surface area contributed by atoms with Gasteiger partial charge in [0.05, 0.1) is 0 Å². The van der Waals surface area contributed by atoms with Crippen molar-refractivity contribution in [2.24, 2.45) is 23.7 Å². The van der Waals surface area contributed by atoms with Gasteiger partial charge in [0.1, 0.15) is 30.2 Å². The van der Waals surface area contributed by atoms with Crippen LogP contribution in [0.1, 0.15) is 73.8 Å². The topological polar surface area (TPSA) is 146 Å². The van der Waals surface area contributed by atoms with Crippen LogP contribution in [0.4, 0.5) is 0 Å². The number of amides is 5. The number of benzene rings is 1. The Bertz CT molecular complexity index is 1040. The van der Waals surface area contributed by atoms with E-state index in [4.69, 9.17) is 0 Å². The summed E-state index contributed by atoms with van der Waals surface area (Å²) >= 11 is 0. The molecule has 0 radical (unpaired) electrons. The van der Waals surface area contributed by atoms with Crippen LogP contribution < -0.4 is 26.6 Å². The molecule has 1 aliphatic rings. The van der Waals surface area contributed by atoms with Gasteiger partial charge in [0.2, 0.25) is 29.5 Å². The Morgan fingerprint density at radius 2 is 0.878 bits per heavy atom. The minimum atomic E-state index is -0.995. The summed E-state index contributed by atoms with van der Waals surface area (Å²) in [7, 11) is 0. The normalized spacial score (nSPS) is 25.3. The molecule has 1 fully saturated rings. The van der Waals surface area contributed by atoms with Crippen LogP contribution >= 0.6 is 0 Å². The van der Waals surface area contributed by atoms with Crippen molar-refractivity contribution in [3.63, 3.8) is 0 Å². The summed E-state index contributed by atoms with van der Waals surface area (Å²) in [4.78, 5) is 67.7. The Labute approximate surface area is 244 Å². The van der Waals surface area contributed by atoms with Gasteiger partial charge >= 0.3 is 0 Å². The molecule has 0 unspecified atom stereocenters. The Morgan fingerprint density at radius 1 is 0.512 bits per heavy atom. The average molecular weight is 572 g/mol. The minimum Gasteiger partial charge on any atom is -0.343 e. The number of nitrogens with one attached hydrogen (secondary N) is 5. The predicted octanol–water partition coefficient (Wildman–Crippen LogP) is 2.07. The first-order valence-corrected chi connectivity index (χ1v) is 14.7. The summed E-state index contributed by atoms with van der Waals surface area (Å²) in [6.07, 6.45) is 0.862. The maximum Gasteiger partial charge on any atom is 0.243 e. The molecule has 0 bridgehead atoms. The van der Waals surface area contributed by atoms with Crippen LogP contribution in [0.5, 0.6) is 0 Å². The van der Waals surface area contributed by atoms with E-state index in [1.165, 1.54) is 0 Å². The van der Waals surface area contributed by atoms with Gasteiger partial charge in [-0.1, -0.05) is 85.7 Å². The second-order valence-corrected chi connectivity index (χ2v) is 12.6. The number of hydrogen-bond acceptors (Lipinski definition) is 5. The molecule has 5 amide bonds. The molecule has 41 heavy (non-hydrogen) atoms. The molecule has 2 rings (SSSR count). The maximum absolute atomic E-state index is 13.7. The van der Waals surface area contributed by atoms with E-state index in [1.54, 1.807) is 27.7 Å². The molecule has 5 atom stereocenters. The Balaban J connectivity index is 2.59. The van der Waals surface area contributed by atoms with Crippen LogP contribution in [0.25, 0.3) is 0 Å². The molecule has 228 valence electrons. The molecule has 1 saturated heterocycles. The van der Waals surface area contributed by atoms with Crippen molar-refractivity contribution in [2.45, 2.75) is 105 Å². The van der Waals surface area contributed by atoms with Crippen molar-refractivity contribution >= 4 is 29.5 Å². The SMILES string of the molecule is CC(C)C[C@@H]1NC(=O)[C@@H](Cc2ccccc2)NC(=O)[C@@H](CC(C)C)NC(=O)[C@H](C(C)C)NC(=O)[C@H](C(C)C)NC1=O. The summed E-state index contributed by atoms with van der Waals surface area (Å²) in [5, 5.41) is 14.1. The van der Waals surface area contributed by atoms with Gasteiger partial charge in [-0.3, -0.25) is 24.0 Å². The highest BCUT2D eigenvalue weighted by atomic mass is 16.2. The molecule has 0 saturated carbocycles. The first kappa shape index (κ1) is 33.8. The molecule has 1 aromatic carbocycles. The van der Waals surface area contributed by atoms with Gasteiger partial charge in [-0.25, -0.2) is 0 Å². The van der Waals surface area contributed by atoms with E-state index in [2.05, 4.69) is 26.6 Å². The van der Waals surface area contributed by atoms with Crippen LogP contribution in [0.15, 0.2) is 30.3 Å². The lowest BCUT2D eigenvalue weighted by Crippen LogP contribution is -2.60. The molecule has 10 heteroatoms. The molecule has 1 aliphatic heterocycles. The summed E-state index contributed by atoms with van der Waals surface area (Å²) in [5.41, 5.74) is 0.828. The zero-order valence-corrected chi connectivity index (χ0v) is 25.7. The Kier molecular flexibility index (Phi) is 12.8. The first-order chi connectivity index (χ1) is 19.2. The smallest absolute Gasteiger partial charge is 0.243 e. The van der Waals surface area contributed by atoms with Crippen molar-refractivity contribution in [2.75, 3.05) is 0 Å². The van der Waals surface area contributed by atoms with Crippen LogP contribution in [0, 0.1) is 23.7 Å². The number of carbonyl (C=O) groups is 5. The Morgan fingerprint density at radius 3 is 1.34 bits per heavy atom. The third-order valence-corrected chi connectivity index (χ3v) is 7.09. The fourth-order valence-corrected chi connectivity index (χ4v) is 4.84. The quantitative estimate of drug-likeness (QED) is 0.324. The van der Waals surface area contributed by atoms with E-state index in [9.17, 15) is 24.0 Å². The van der Waals surface area contributed by atoms with E-state index in [-0.39, 0.29) is 30.1 Å². The monoisotopic (exact) mass is 571 g/mol. The maximum atomic E-state index is 13.7. The van der Waals surface area contributed by atoms with Gasteiger partial charge in [-0.15, -0.1) is 0 Å². The highest BCUT2D eigenvalue weighted by molar-refractivity contribution is 5.98. The first-order valence-electron chi connectivity index (χ1n) is 14.7. The average Bonchev–Trinajstić information content (AvgIpc) is 2.87. The highest BCUT2D eigenvalue weighted by Crippen LogP contribution is 2.13. The molecule has 5 N–H and O–H groups in total. The van der Waals surface area contributed by atoms with E-state index in [1.807, 2.05) is 58.0 Å². The van der Waals surface area contributed by atoms with Gasteiger partial charge in [-0.05, 0) is 42.1 Å². The summed E-state index contributed by atoms with van der Waals surface area (Å²) in [6, 6.07) is 4.57. The van der Waals surface area contributed by atoms with E-state index >= 15 is 0 Å². The fraction of sp³-hybridized carbons (Fsp3) is 0.645. The van der Waals surface area contributed by atoms with Crippen LogP contribution in [0.2, 0.25) is 0 Å². The van der Waals surface area contributed by atoms with Gasteiger partial charge in [0, 0.05) is 6.42 Å². The number of carbonyl (C=O) groups excluding carboxylic acids is 5. The van der Waals surface area contributed by atoms with Crippen LogP contribution in [-0.2, 0) is 30.4 Å². The van der Waals surface area contributed by atoms with Crippen LogP contribution in [-0.4, -0.2) is 59.7 Å². The molecule has 10 nitrogen and oxygen atoms in total. The van der Waals surface area contributed by atoms with E-state index < -0.39 is 59.7 Å². The number of hydrogen-bond donors (Lipinski definition) is 5. The van der Waals surface area contributed by atoms with Crippen molar-refractivity contribution in [1.29, 1.82) is 0 Å². The largest absolute Gasteiger partial charge is 0.343 e. The van der Waals surface area contributed by atoms with Gasteiger partial charge in [0.15, 0.2) is 0 Å². The summed E-state index contributed by atoms with van der Waals surface area (Å²) < 4.78 is 0. The molecule has 1 aromatic rings. The summed E-state index contributed by atoms with van der Waals surface area (Å²) in [5.74, 6) is -2.97. The lowest BCUT2D eigenvalue weighted by atomic mass is 9.97. The molecule has 0 spiro atoms. The van der Waals surface area contributed by atoms with Crippen molar-refractivity contribution in [3.05, 3.63) is 35.9 Å². The predicted molar refractivity (Wildman–Crippen MR) is 158 cm³/mol. The zero-order valence-electron chi connectivity index (χ0n) is 25.7. The van der Waals surface area contributed by atoms with Crippen LogP contribution in [0.3, 0.4) is 0 Å². The van der Waals surface area contributed by atoms with E-state index in [0.29, 0.717) is 12.8 Å². The highest BCUT2D eigenvalue weighted by Gasteiger charge is 2.36. The standard InChI is InChI=1S/C31H49N5O5/c1-17(2)14-22-27(37)33-24(16-21-12-10-9-11-13-21)28(38)32-23(15-18(3)4)29(39)35-26(20(7)8)31(41)36-25(19(5)6)30(40)34-22/h9-13,17-20,22-26H,14-16H2,1-8H3,(H,32,38)(H,33,37)(H,34,40)(H,35,39)(H,36,41)/t22-,23+,24-,25+,26+/m1/s1. The van der Waals surface area contributed by atoms with Gasteiger partial charge in [0.25, 0.3) is 0 Å². The second-order valence-electron chi connectivity index (χ2n) is 12.6. The van der Waals surface area contributed by atoms with E-state index in [0.717, 1.165) is 5.56 Å². The van der Waals surface area contributed by atoms with Gasteiger partial charge in [-0.2, -0.15) is 0 Å². The lowest BCUT2D eigenvalue weighted by molar-refractivity contribution is -0.135. The van der Waals surface area contributed by atoms with Crippen molar-refractivity contribution in [3.8, 4) is 0 Å². The van der Waals surface area contributed by atoms with Crippen molar-refractivity contribution in [1.82, 2.24) is 26.6 Å². The molecular weight excluding hydrogens is 522 g/mol. The van der Waals surface area contributed by atoms with Crippen molar-refractivity contribution < 1.29 is 24.0 Å². The minimum absolute atomic E-state index is 0.0594.